The topological polar surface area (TPSA) is 0 Å². The van der Waals surface area contributed by atoms with Gasteiger partial charge < -0.3 is 0 Å². The Labute approximate surface area is 155 Å². The molecule has 0 aromatic rings. The van der Waals surface area contributed by atoms with E-state index in [0.717, 1.165) is 0 Å². The van der Waals surface area contributed by atoms with E-state index in [0.29, 0.717) is 0 Å². The van der Waals surface area contributed by atoms with Crippen molar-refractivity contribution in [2.45, 2.75) is 116 Å². The van der Waals surface area contributed by atoms with Gasteiger partial charge in [-0.2, -0.15) is 0 Å². The summed E-state index contributed by atoms with van der Waals surface area (Å²) >= 11 is 0. The van der Waals surface area contributed by atoms with Gasteiger partial charge in [0.25, 0.3) is 0 Å². The average Bonchev–Trinajstić information content (AvgIpc) is 2.43. The second-order valence-electron chi connectivity index (χ2n) is 6.30. The predicted octanol–water partition coefficient (Wildman–Crippen LogP) is 5.65. The van der Waals surface area contributed by atoms with Crippen LogP contribution in [0.5, 0.6) is 0 Å². The van der Waals surface area contributed by atoms with Crippen molar-refractivity contribution < 1.29 is 0 Å². The van der Waals surface area contributed by atoms with E-state index in [1.54, 1.807) is 0 Å². The van der Waals surface area contributed by atoms with Crippen LogP contribution in [0, 0.1) is 0 Å². The zero-order valence-electron chi connectivity index (χ0n) is 15.0. The molecule has 0 saturated heterocycles. The van der Waals surface area contributed by atoms with E-state index in [9.17, 15) is 0 Å². The van der Waals surface area contributed by atoms with Gasteiger partial charge in [-0.25, -0.2) is 0 Å². The molecule has 1 radical (unpaired) electrons. The van der Waals surface area contributed by atoms with Crippen LogP contribution in [0.2, 0.25) is 6.04 Å². The Morgan fingerprint density at radius 1 is 0.450 bits per heavy atom. The van der Waals surface area contributed by atoms with Crippen molar-refractivity contribution in [3.8, 4) is 0 Å². The third-order valence-corrected chi connectivity index (χ3v) is 4.91. The summed E-state index contributed by atoms with van der Waals surface area (Å²) in [7, 11) is 1.41. The average molecular weight is 308 g/mol. The molecule has 0 unspecified atom stereocenters. The Morgan fingerprint density at radius 3 is 0.950 bits per heavy atom. The fourth-order valence-corrected chi connectivity index (χ4v) is 3.30. The fraction of sp³-hybridized carbons (Fsp3) is 1.00. The molecule has 2 heteroatoms. The Balaban J connectivity index is 0. The first-order valence-electron chi connectivity index (χ1n) is 9.41. The van der Waals surface area contributed by atoms with Gasteiger partial charge in [-0.3, -0.25) is 0 Å². The molecule has 0 aromatic heterocycles. The van der Waals surface area contributed by atoms with Gasteiger partial charge in [0.05, 0.1) is 0 Å². The molecule has 0 aromatic carbocycles. The van der Waals surface area contributed by atoms with Crippen LogP contribution in [0.1, 0.15) is 110 Å². The molecule has 0 aliphatic rings. The molecule has 0 nitrogen and oxygen atoms in total. The van der Waals surface area contributed by atoms with Gasteiger partial charge in [-0.15, -0.1) is 0 Å². The van der Waals surface area contributed by atoms with Crippen LogP contribution in [0.3, 0.4) is 0 Å². The van der Waals surface area contributed by atoms with Crippen LogP contribution in [0.15, 0.2) is 0 Å². The number of hydrogen-bond donors (Lipinski definition) is 0. The maximum absolute atomic E-state index is 2.30. The normalized spacial score (nSPS) is 10.7. The molecule has 0 aliphatic heterocycles. The summed E-state index contributed by atoms with van der Waals surface area (Å²) < 4.78 is 0. The van der Waals surface area contributed by atoms with E-state index in [-0.39, 0.29) is 29.6 Å². The van der Waals surface area contributed by atoms with E-state index in [1.165, 1.54) is 119 Å². The van der Waals surface area contributed by atoms with Crippen LogP contribution in [-0.2, 0) is 0 Å². The summed E-state index contributed by atoms with van der Waals surface area (Å²) in [5, 5.41) is 0. The van der Waals surface area contributed by atoms with Crippen molar-refractivity contribution in [3.05, 3.63) is 0 Å². The molecule has 0 spiro atoms. The molecule has 0 N–H and O–H groups in total. The van der Waals surface area contributed by atoms with Crippen LogP contribution >= 0.6 is 0 Å². The van der Waals surface area contributed by atoms with Crippen molar-refractivity contribution in [1.29, 1.82) is 0 Å². The summed E-state index contributed by atoms with van der Waals surface area (Å²) in [5.41, 5.74) is 0. The van der Waals surface area contributed by atoms with Crippen LogP contribution in [-0.4, -0.2) is 39.8 Å². The number of rotatable bonds is 16. The Kier molecular flexibility index (Phi) is 26.4. The Hall–Kier alpha value is 1.22. The maximum atomic E-state index is 2.30. The molecular formula is C18H40NaSi. The second kappa shape index (κ2) is 22.5. The van der Waals surface area contributed by atoms with Crippen molar-refractivity contribution in [1.82, 2.24) is 0 Å². The summed E-state index contributed by atoms with van der Waals surface area (Å²) in [4.78, 5) is 0. The van der Waals surface area contributed by atoms with E-state index < -0.39 is 0 Å². The summed E-state index contributed by atoms with van der Waals surface area (Å²) in [6, 6.07) is 1.51. The maximum Gasteiger partial charge on any atom is 0.00279 e. The van der Waals surface area contributed by atoms with Gasteiger partial charge in [0.1, 0.15) is 0 Å². The van der Waals surface area contributed by atoms with Crippen LogP contribution < -0.4 is 0 Å². The zero-order valence-corrected chi connectivity index (χ0v) is 19.0. The smallest absolute Gasteiger partial charge is 0.00279 e. The minimum Gasteiger partial charge on any atom is -0.0658 e. The Bertz CT molecular complexity index is 134. The molecule has 0 saturated carbocycles. The first kappa shape index (κ1) is 23.5. The van der Waals surface area contributed by atoms with Gasteiger partial charge in [0.2, 0.25) is 0 Å². The van der Waals surface area contributed by atoms with Crippen molar-refractivity contribution in [2.24, 2.45) is 0 Å². The largest absolute Gasteiger partial charge is 0.0658 e. The third-order valence-electron chi connectivity index (χ3n) is 4.21. The number of unbranched alkanes of at least 4 members (excludes halogenated alkanes) is 15. The van der Waals surface area contributed by atoms with Crippen LogP contribution in [0.25, 0.3) is 0 Å². The van der Waals surface area contributed by atoms with Crippen molar-refractivity contribution in [2.75, 3.05) is 0 Å². The summed E-state index contributed by atoms with van der Waals surface area (Å²) in [5.74, 6) is 0. The summed E-state index contributed by atoms with van der Waals surface area (Å²) in [6.45, 7) is 2.30. The molecular weight excluding hydrogens is 267 g/mol. The molecule has 0 heterocycles. The van der Waals surface area contributed by atoms with Gasteiger partial charge in [-0.1, -0.05) is 116 Å². The molecule has 0 amide bonds. The molecule has 0 atom stereocenters. The number of hydrogen-bond acceptors (Lipinski definition) is 0. The summed E-state index contributed by atoms with van der Waals surface area (Å²) in [6.07, 6.45) is 23.7. The van der Waals surface area contributed by atoms with Gasteiger partial charge in [-0.05, 0) is 0 Å². The zero-order chi connectivity index (χ0) is 14.0. The van der Waals surface area contributed by atoms with Crippen LogP contribution in [0.4, 0.5) is 0 Å². The second-order valence-corrected chi connectivity index (χ2v) is 7.30. The molecule has 0 bridgehead atoms. The standard InChI is InChI=1S/C18H40Si.Na/c1-2-3-4-5-6-7-8-9-10-11-12-13-14-15-16-17-18-19;/h2-18H2,1,19H3;. The minimum absolute atomic E-state index is 0. The van der Waals surface area contributed by atoms with Gasteiger partial charge in [0.15, 0.2) is 0 Å². The molecule has 0 rings (SSSR count). The first-order valence-corrected chi connectivity index (χ1v) is 10.8. The van der Waals surface area contributed by atoms with Crippen molar-refractivity contribution in [3.63, 3.8) is 0 Å². The monoisotopic (exact) mass is 307 g/mol. The first-order chi connectivity index (χ1) is 9.41. The molecule has 0 fully saturated rings. The minimum atomic E-state index is 0. The van der Waals surface area contributed by atoms with E-state index in [1.807, 2.05) is 0 Å². The van der Waals surface area contributed by atoms with E-state index in [2.05, 4.69) is 6.92 Å². The SMILES string of the molecule is CCCCCCCCCCCCCCCCCC[SiH3].[Na]. The molecule has 0 aliphatic carbocycles. The van der Waals surface area contributed by atoms with E-state index >= 15 is 0 Å². The quantitative estimate of drug-likeness (QED) is 0.255. The molecule has 20 heavy (non-hydrogen) atoms. The Morgan fingerprint density at radius 2 is 0.700 bits per heavy atom. The van der Waals surface area contributed by atoms with Gasteiger partial charge in [0, 0.05) is 39.8 Å². The van der Waals surface area contributed by atoms with Crippen molar-refractivity contribution >= 4 is 39.8 Å². The predicted molar refractivity (Wildman–Crippen MR) is 100 cm³/mol. The van der Waals surface area contributed by atoms with E-state index in [4.69, 9.17) is 0 Å². The molecule has 117 valence electrons. The fourth-order valence-electron chi connectivity index (χ4n) is 2.80. The third kappa shape index (κ3) is 21.5. The van der Waals surface area contributed by atoms with Gasteiger partial charge >= 0.3 is 0 Å².